The van der Waals surface area contributed by atoms with E-state index in [0.717, 1.165) is 38.5 Å². The predicted octanol–water partition coefficient (Wildman–Crippen LogP) is 1.26. The van der Waals surface area contributed by atoms with E-state index in [2.05, 4.69) is 10.6 Å². The van der Waals surface area contributed by atoms with Gasteiger partial charge in [0.05, 0.1) is 6.54 Å². The molecule has 2 amide bonds. The van der Waals surface area contributed by atoms with Gasteiger partial charge in [-0.3, -0.25) is 14.5 Å². The van der Waals surface area contributed by atoms with Gasteiger partial charge in [0.15, 0.2) is 0 Å². The number of benzene rings is 1. The van der Waals surface area contributed by atoms with Crippen LogP contribution in [0.1, 0.15) is 48.9 Å². The van der Waals surface area contributed by atoms with Gasteiger partial charge in [0, 0.05) is 56.6 Å². The number of carbonyl (C=O) groups is 2. The highest BCUT2D eigenvalue weighted by Crippen LogP contribution is 2.20. The Kier molecular flexibility index (Phi) is 7.44. The molecule has 0 aromatic heterocycles. The number of nitrogens with zero attached hydrogens (tertiary/aromatic N) is 3. The third kappa shape index (κ3) is 6.06. The lowest BCUT2D eigenvalue weighted by atomic mass is 10.2. The van der Waals surface area contributed by atoms with Crippen LogP contribution in [-0.2, 0) is 15.0 Å². The number of piperazine rings is 1. The van der Waals surface area contributed by atoms with E-state index in [1.54, 1.807) is 32.9 Å². The first-order valence-corrected chi connectivity index (χ1v) is 13.0. The Labute approximate surface area is 190 Å². The minimum atomic E-state index is -3.42. The van der Waals surface area contributed by atoms with Crippen LogP contribution in [0.15, 0.2) is 24.3 Å². The van der Waals surface area contributed by atoms with Gasteiger partial charge in [0.25, 0.3) is 16.1 Å². The summed E-state index contributed by atoms with van der Waals surface area (Å²) in [6.07, 6.45) is 6.06. The van der Waals surface area contributed by atoms with E-state index in [0.29, 0.717) is 50.5 Å². The van der Waals surface area contributed by atoms with E-state index in [1.807, 2.05) is 4.90 Å². The Morgan fingerprint density at radius 2 is 1.56 bits per heavy atom. The summed E-state index contributed by atoms with van der Waals surface area (Å²) in [6, 6.07) is 7.21. The average molecular weight is 464 g/mol. The van der Waals surface area contributed by atoms with Gasteiger partial charge in [-0.2, -0.15) is 17.0 Å². The van der Waals surface area contributed by atoms with Crippen molar-refractivity contribution < 1.29 is 18.0 Å². The van der Waals surface area contributed by atoms with Crippen molar-refractivity contribution in [1.29, 1.82) is 0 Å². The first kappa shape index (κ1) is 23.2. The smallest absolute Gasteiger partial charge is 0.282 e. The molecular formula is C22H33N5O4S. The molecule has 10 heteroatoms. The van der Waals surface area contributed by atoms with Gasteiger partial charge in [-0.05, 0) is 43.9 Å². The van der Waals surface area contributed by atoms with Gasteiger partial charge < -0.3 is 10.6 Å². The molecule has 0 bridgehead atoms. The zero-order valence-corrected chi connectivity index (χ0v) is 19.3. The highest BCUT2D eigenvalue weighted by molar-refractivity contribution is 7.86. The molecule has 3 aliphatic rings. The number of carbonyl (C=O) groups excluding carboxylic acids is 2. The molecule has 2 N–H and O–H groups in total. The van der Waals surface area contributed by atoms with Crippen LogP contribution < -0.4 is 10.6 Å². The number of hydrogen-bond donors (Lipinski definition) is 2. The number of hydrogen-bond acceptors (Lipinski definition) is 5. The van der Waals surface area contributed by atoms with Gasteiger partial charge in [0.2, 0.25) is 5.91 Å². The summed E-state index contributed by atoms with van der Waals surface area (Å²) < 4.78 is 29.1. The molecule has 2 aliphatic heterocycles. The first-order valence-electron chi connectivity index (χ1n) is 11.6. The van der Waals surface area contributed by atoms with E-state index in [9.17, 15) is 18.0 Å². The van der Waals surface area contributed by atoms with E-state index in [4.69, 9.17) is 0 Å². The van der Waals surface area contributed by atoms with Crippen LogP contribution in [0.2, 0.25) is 0 Å². The Morgan fingerprint density at radius 1 is 0.906 bits per heavy atom. The standard InChI is InChI=1S/C22H33N5O4S/c28-21(23-20-7-5-6-18(16-20)22(29)24-19-8-9-19)17-25-12-14-27(15-13-25)32(30,31)26-10-3-1-2-4-11-26/h5-7,16,19H,1-4,8-15,17H2,(H,23,28)(H,24,29). The van der Waals surface area contributed by atoms with Crippen molar-refractivity contribution >= 4 is 27.7 Å². The molecular weight excluding hydrogens is 430 g/mol. The monoisotopic (exact) mass is 463 g/mol. The normalized spacial score (nSPS) is 21.6. The maximum Gasteiger partial charge on any atom is 0.282 e. The molecule has 1 aromatic carbocycles. The van der Waals surface area contributed by atoms with Gasteiger partial charge in [-0.1, -0.05) is 18.9 Å². The van der Waals surface area contributed by atoms with Crippen LogP contribution in [0.4, 0.5) is 5.69 Å². The molecule has 9 nitrogen and oxygen atoms in total. The highest BCUT2D eigenvalue weighted by atomic mass is 32.2. The third-order valence-electron chi connectivity index (χ3n) is 6.24. The first-order chi connectivity index (χ1) is 15.4. The van der Waals surface area contributed by atoms with E-state index < -0.39 is 10.2 Å². The number of amides is 2. The minimum Gasteiger partial charge on any atom is -0.349 e. The summed E-state index contributed by atoms with van der Waals surface area (Å²) >= 11 is 0. The zero-order valence-electron chi connectivity index (χ0n) is 18.5. The zero-order chi connectivity index (χ0) is 22.6. The Bertz CT molecular complexity index is 918. The van der Waals surface area contributed by atoms with Crippen molar-refractivity contribution in [3.63, 3.8) is 0 Å². The molecule has 4 rings (SSSR count). The lowest BCUT2D eigenvalue weighted by Gasteiger charge is -2.36. The Morgan fingerprint density at radius 3 is 2.22 bits per heavy atom. The van der Waals surface area contributed by atoms with Crippen LogP contribution in [0, 0.1) is 0 Å². The molecule has 2 saturated heterocycles. The molecule has 1 saturated carbocycles. The van der Waals surface area contributed by atoms with Crippen molar-refractivity contribution in [2.75, 3.05) is 51.1 Å². The second-order valence-corrected chi connectivity index (χ2v) is 10.8. The van der Waals surface area contributed by atoms with Crippen LogP contribution in [0.25, 0.3) is 0 Å². The summed E-state index contributed by atoms with van der Waals surface area (Å²) in [7, 11) is -3.42. The molecule has 2 heterocycles. The molecule has 0 radical (unpaired) electrons. The van der Waals surface area contributed by atoms with Crippen LogP contribution in [0.3, 0.4) is 0 Å². The largest absolute Gasteiger partial charge is 0.349 e. The molecule has 32 heavy (non-hydrogen) atoms. The van der Waals surface area contributed by atoms with E-state index in [-0.39, 0.29) is 24.4 Å². The summed E-state index contributed by atoms with van der Waals surface area (Å²) in [5.41, 5.74) is 1.11. The number of nitrogens with one attached hydrogen (secondary N) is 2. The Hall–Kier alpha value is -2.01. The molecule has 176 valence electrons. The molecule has 3 fully saturated rings. The third-order valence-corrected chi connectivity index (χ3v) is 8.27. The summed E-state index contributed by atoms with van der Waals surface area (Å²) in [4.78, 5) is 26.7. The van der Waals surface area contributed by atoms with Gasteiger partial charge in [0.1, 0.15) is 0 Å². The topological polar surface area (TPSA) is 102 Å². The summed E-state index contributed by atoms with van der Waals surface area (Å²) in [5, 5.41) is 5.80. The second-order valence-electron chi connectivity index (χ2n) is 8.87. The quantitative estimate of drug-likeness (QED) is 0.634. The molecule has 0 unspecified atom stereocenters. The number of rotatable bonds is 7. The van der Waals surface area contributed by atoms with E-state index in [1.165, 1.54) is 0 Å². The van der Waals surface area contributed by atoms with Crippen molar-refractivity contribution in [2.24, 2.45) is 0 Å². The predicted molar refractivity (Wildman–Crippen MR) is 123 cm³/mol. The average Bonchev–Trinajstić information content (AvgIpc) is 3.61. The number of anilines is 1. The minimum absolute atomic E-state index is 0.120. The van der Waals surface area contributed by atoms with Gasteiger partial charge in [-0.25, -0.2) is 0 Å². The fourth-order valence-corrected chi connectivity index (χ4v) is 5.86. The lowest BCUT2D eigenvalue weighted by molar-refractivity contribution is -0.117. The van der Waals surface area contributed by atoms with Crippen molar-refractivity contribution in [3.05, 3.63) is 29.8 Å². The van der Waals surface area contributed by atoms with Gasteiger partial charge >= 0.3 is 0 Å². The molecule has 1 aromatic rings. The lowest BCUT2D eigenvalue weighted by Crippen LogP contribution is -2.54. The Balaban J connectivity index is 1.25. The van der Waals surface area contributed by atoms with Crippen LogP contribution >= 0.6 is 0 Å². The molecule has 0 spiro atoms. The van der Waals surface area contributed by atoms with Crippen LogP contribution in [0.5, 0.6) is 0 Å². The fourth-order valence-electron chi connectivity index (χ4n) is 4.19. The summed E-state index contributed by atoms with van der Waals surface area (Å²) in [5.74, 6) is -0.293. The fraction of sp³-hybridized carbons (Fsp3) is 0.636. The maximum atomic E-state index is 12.9. The van der Waals surface area contributed by atoms with E-state index >= 15 is 0 Å². The SMILES string of the molecule is O=C(CN1CCN(S(=O)(=O)N2CCCCCC2)CC1)Nc1cccc(C(=O)NC2CC2)c1. The van der Waals surface area contributed by atoms with Crippen molar-refractivity contribution in [3.8, 4) is 0 Å². The van der Waals surface area contributed by atoms with Crippen molar-refractivity contribution in [1.82, 2.24) is 18.8 Å². The molecule has 0 atom stereocenters. The van der Waals surface area contributed by atoms with Crippen molar-refractivity contribution in [2.45, 2.75) is 44.6 Å². The van der Waals surface area contributed by atoms with Gasteiger partial charge in [-0.15, -0.1) is 0 Å². The second kappa shape index (κ2) is 10.3. The molecule has 1 aliphatic carbocycles. The highest BCUT2D eigenvalue weighted by Gasteiger charge is 2.32. The maximum absolute atomic E-state index is 12.9. The summed E-state index contributed by atoms with van der Waals surface area (Å²) in [6.45, 7) is 3.21. The van der Waals surface area contributed by atoms with Crippen LogP contribution in [-0.4, -0.2) is 85.6 Å².